The number of ether oxygens (including phenoxy) is 2. The average Bonchev–Trinajstić information content (AvgIpc) is 2.54. The van der Waals surface area contributed by atoms with Crippen LogP contribution in [0.2, 0.25) is 5.02 Å². The largest absolute Gasteiger partial charge is 0.497 e. The lowest BCUT2D eigenvalue weighted by Gasteiger charge is -2.11. The van der Waals surface area contributed by atoms with Crippen molar-refractivity contribution in [3.05, 3.63) is 58.1 Å². The highest BCUT2D eigenvalue weighted by Crippen LogP contribution is 2.24. The van der Waals surface area contributed by atoms with Gasteiger partial charge in [0.1, 0.15) is 11.5 Å². The van der Waals surface area contributed by atoms with Crippen molar-refractivity contribution in [1.29, 1.82) is 0 Å². The van der Waals surface area contributed by atoms with Crippen LogP contribution >= 0.6 is 11.6 Å². The van der Waals surface area contributed by atoms with Crippen molar-refractivity contribution >= 4 is 11.6 Å². The molecule has 0 fully saturated rings. The lowest BCUT2D eigenvalue weighted by molar-refractivity contribution is 0.398. The number of hydrogen-bond donors (Lipinski definition) is 1. The van der Waals surface area contributed by atoms with E-state index in [9.17, 15) is 0 Å². The van der Waals surface area contributed by atoms with Crippen LogP contribution in [0.5, 0.6) is 11.5 Å². The van der Waals surface area contributed by atoms with Crippen LogP contribution in [0.3, 0.4) is 0 Å². The normalized spacial score (nSPS) is 10.5. The van der Waals surface area contributed by atoms with Crippen molar-refractivity contribution in [2.75, 3.05) is 20.8 Å². The number of aryl methyl sites for hydroxylation is 1. The zero-order valence-electron chi connectivity index (χ0n) is 13.3. The Balaban J connectivity index is 1.89. The molecule has 0 aliphatic heterocycles. The number of methoxy groups -OCH3 is 2. The molecule has 0 aliphatic rings. The standard InChI is InChI=1S/C18H22ClNO2/c1-13-10-14(4-6-17(13)19)12-20-9-8-15-11-16(21-2)5-7-18(15)22-3/h4-7,10-11,20H,8-9,12H2,1-3H3. The zero-order chi connectivity index (χ0) is 15.9. The van der Waals surface area contributed by atoms with E-state index in [2.05, 4.69) is 17.4 Å². The summed E-state index contributed by atoms with van der Waals surface area (Å²) >= 11 is 6.04. The molecule has 2 aromatic carbocycles. The highest BCUT2D eigenvalue weighted by atomic mass is 35.5. The second-order valence-corrected chi connectivity index (χ2v) is 5.60. The smallest absolute Gasteiger partial charge is 0.122 e. The predicted octanol–water partition coefficient (Wildman–Crippen LogP) is 4.00. The van der Waals surface area contributed by atoms with E-state index in [1.54, 1.807) is 14.2 Å². The summed E-state index contributed by atoms with van der Waals surface area (Å²) in [5.74, 6) is 1.74. The molecule has 22 heavy (non-hydrogen) atoms. The molecular formula is C18H22ClNO2. The van der Waals surface area contributed by atoms with E-state index < -0.39 is 0 Å². The van der Waals surface area contributed by atoms with E-state index in [1.165, 1.54) is 5.56 Å². The first kappa shape index (κ1) is 16.7. The Bertz CT molecular complexity index is 628. The monoisotopic (exact) mass is 319 g/mol. The van der Waals surface area contributed by atoms with Gasteiger partial charge >= 0.3 is 0 Å². The van der Waals surface area contributed by atoms with E-state index >= 15 is 0 Å². The van der Waals surface area contributed by atoms with Crippen molar-refractivity contribution in [1.82, 2.24) is 5.32 Å². The first-order chi connectivity index (χ1) is 10.6. The molecule has 0 unspecified atom stereocenters. The Kier molecular flexibility index (Phi) is 6.10. The molecule has 0 amide bonds. The van der Waals surface area contributed by atoms with Crippen LogP contribution in [0.25, 0.3) is 0 Å². The molecule has 118 valence electrons. The minimum Gasteiger partial charge on any atom is -0.497 e. The van der Waals surface area contributed by atoms with Gasteiger partial charge in [-0.1, -0.05) is 23.7 Å². The maximum Gasteiger partial charge on any atom is 0.122 e. The van der Waals surface area contributed by atoms with Crippen LogP contribution in [0, 0.1) is 6.92 Å². The minimum absolute atomic E-state index is 0.810. The maximum absolute atomic E-state index is 6.04. The lowest BCUT2D eigenvalue weighted by atomic mass is 10.1. The molecule has 0 aromatic heterocycles. The summed E-state index contributed by atoms with van der Waals surface area (Å²) in [7, 11) is 3.36. The van der Waals surface area contributed by atoms with Gasteiger partial charge in [0.25, 0.3) is 0 Å². The summed E-state index contributed by atoms with van der Waals surface area (Å²) in [6, 6.07) is 12.0. The zero-order valence-corrected chi connectivity index (χ0v) is 14.0. The minimum atomic E-state index is 0.810. The van der Waals surface area contributed by atoms with Gasteiger partial charge in [-0.2, -0.15) is 0 Å². The summed E-state index contributed by atoms with van der Waals surface area (Å²) in [5.41, 5.74) is 3.48. The van der Waals surface area contributed by atoms with Crippen LogP contribution in [0.1, 0.15) is 16.7 Å². The van der Waals surface area contributed by atoms with Crippen LogP contribution in [-0.2, 0) is 13.0 Å². The van der Waals surface area contributed by atoms with Gasteiger partial charge in [0.05, 0.1) is 14.2 Å². The Morgan fingerprint density at radius 1 is 1.05 bits per heavy atom. The predicted molar refractivity (Wildman–Crippen MR) is 91.1 cm³/mol. The fraction of sp³-hybridized carbons (Fsp3) is 0.333. The SMILES string of the molecule is COc1ccc(OC)c(CCNCc2ccc(Cl)c(C)c2)c1. The van der Waals surface area contributed by atoms with Gasteiger partial charge in [-0.25, -0.2) is 0 Å². The third kappa shape index (κ3) is 4.39. The molecule has 0 spiro atoms. The highest BCUT2D eigenvalue weighted by Gasteiger charge is 2.05. The van der Waals surface area contributed by atoms with E-state index in [4.69, 9.17) is 21.1 Å². The number of hydrogen-bond acceptors (Lipinski definition) is 3. The first-order valence-corrected chi connectivity index (χ1v) is 7.68. The van der Waals surface area contributed by atoms with Gasteiger partial charge in [0.2, 0.25) is 0 Å². The van der Waals surface area contributed by atoms with Crippen LogP contribution < -0.4 is 14.8 Å². The maximum atomic E-state index is 6.04. The molecule has 2 aromatic rings. The van der Waals surface area contributed by atoms with E-state index in [0.717, 1.165) is 47.2 Å². The van der Waals surface area contributed by atoms with Crippen LogP contribution in [0.15, 0.2) is 36.4 Å². The number of rotatable bonds is 7. The molecule has 3 nitrogen and oxygen atoms in total. The summed E-state index contributed by atoms with van der Waals surface area (Å²) in [6.45, 7) is 3.71. The number of nitrogens with one attached hydrogen (secondary N) is 1. The van der Waals surface area contributed by atoms with Crippen molar-refractivity contribution in [3.8, 4) is 11.5 Å². The Labute approximate surface area is 137 Å². The topological polar surface area (TPSA) is 30.5 Å². The summed E-state index contributed by atoms with van der Waals surface area (Å²) in [6.07, 6.45) is 0.882. The Hall–Kier alpha value is -1.71. The summed E-state index contributed by atoms with van der Waals surface area (Å²) in [4.78, 5) is 0. The van der Waals surface area contributed by atoms with Gasteiger partial charge in [0, 0.05) is 11.6 Å². The highest BCUT2D eigenvalue weighted by molar-refractivity contribution is 6.31. The lowest BCUT2D eigenvalue weighted by Crippen LogP contribution is -2.17. The van der Waals surface area contributed by atoms with Crippen molar-refractivity contribution in [3.63, 3.8) is 0 Å². The number of halogens is 1. The molecule has 0 saturated carbocycles. The van der Waals surface area contributed by atoms with Gasteiger partial charge < -0.3 is 14.8 Å². The second kappa shape index (κ2) is 8.06. The molecule has 0 radical (unpaired) electrons. The van der Waals surface area contributed by atoms with E-state index in [0.29, 0.717) is 0 Å². The molecule has 0 aliphatic carbocycles. The number of benzene rings is 2. The molecule has 0 atom stereocenters. The average molecular weight is 320 g/mol. The molecular weight excluding hydrogens is 298 g/mol. The van der Waals surface area contributed by atoms with Crippen molar-refractivity contribution in [2.45, 2.75) is 19.9 Å². The van der Waals surface area contributed by atoms with Gasteiger partial charge in [-0.15, -0.1) is 0 Å². The van der Waals surface area contributed by atoms with E-state index in [1.807, 2.05) is 31.2 Å². The van der Waals surface area contributed by atoms with Crippen LogP contribution in [0.4, 0.5) is 0 Å². The Morgan fingerprint density at radius 3 is 2.55 bits per heavy atom. The van der Waals surface area contributed by atoms with Crippen molar-refractivity contribution in [2.24, 2.45) is 0 Å². The van der Waals surface area contributed by atoms with Gasteiger partial charge in [0.15, 0.2) is 0 Å². The Morgan fingerprint density at radius 2 is 1.86 bits per heavy atom. The summed E-state index contributed by atoms with van der Waals surface area (Å²) in [5, 5.41) is 4.26. The summed E-state index contributed by atoms with van der Waals surface area (Å²) < 4.78 is 10.7. The fourth-order valence-electron chi connectivity index (χ4n) is 2.35. The molecule has 2 rings (SSSR count). The molecule has 4 heteroatoms. The second-order valence-electron chi connectivity index (χ2n) is 5.19. The van der Waals surface area contributed by atoms with Gasteiger partial charge in [-0.3, -0.25) is 0 Å². The third-order valence-corrected chi connectivity index (χ3v) is 4.03. The molecule has 1 N–H and O–H groups in total. The molecule has 0 saturated heterocycles. The van der Waals surface area contributed by atoms with E-state index in [-0.39, 0.29) is 0 Å². The third-order valence-electron chi connectivity index (χ3n) is 3.61. The van der Waals surface area contributed by atoms with Gasteiger partial charge in [-0.05, 0) is 60.8 Å². The quantitative estimate of drug-likeness (QED) is 0.783. The first-order valence-electron chi connectivity index (χ1n) is 7.30. The fourth-order valence-corrected chi connectivity index (χ4v) is 2.47. The molecule has 0 heterocycles. The van der Waals surface area contributed by atoms with Crippen LogP contribution in [-0.4, -0.2) is 20.8 Å². The van der Waals surface area contributed by atoms with Crippen molar-refractivity contribution < 1.29 is 9.47 Å². The molecule has 0 bridgehead atoms.